The normalized spacial score (nSPS) is 17.6. The zero-order chi connectivity index (χ0) is 17.3. The number of guanidine groups is 1. The van der Waals surface area contributed by atoms with Crippen LogP contribution < -0.4 is 5.32 Å². The number of hydrogen-bond acceptors (Lipinski definition) is 3. The van der Waals surface area contributed by atoms with E-state index in [9.17, 15) is 9.59 Å². The van der Waals surface area contributed by atoms with Crippen LogP contribution in [-0.2, 0) is 4.79 Å². The predicted molar refractivity (Wildman–Crippen MR) is 88.5 cm³/mol. The molecule has 1 fully saturated rings. The number of halogens is 1. The molecular formula is C16H12ClN3O4. The van der Waals surface area contributed by atoms with E-state index >= 15 is 0 Å². The Morgan fingerprint density at radius 1 is 1.29 bits per heavy atom. The summed E-state index contributed by atoms with van der Waals surface area (Å²) in [5.41, 5.74) is 1.08. The van der Waals surface area contributed by atoms with Crippen LogP contribution >= 0.6 is 11.6 Å². The topological polar surface area (TPSA) is 95.1 Å². The third kappa shape index (κ3) is 3.16. The Morgan fingerprint density at radius 3 is 2.67 bits per heavy atom. The van der Waals surface area contributed by atoms with Crippen molar-refractivity contribution >= 4 is 35.6 Å². The summed E-state index contributed by atoms with van der Waals surface area (Å²) in [5.74, 6) is 0.567. The highest BCUT2D eigenvalue weighted by atomic mass is 35.5. The Hall–Kier alpha value is -3.06. The molecule has 3 rings (SSSR count). The Kier molecular flexibility index (Phi) is 4.09. The van der Waals surface area contributed by atoms with E-state index in [0.717, 1.165) is 5.56 Å². The van der Waals surface area contributed by atoms with Crippen LogP contribution in [0.5, 0.6) is 0 Å². The third-order valence-electron chi connectivity index (χ3n) is 3.37. The molecule has 1 aliphatic rings. The first-order chi connectivity index (χ1) is 11.4. The molecule has 0 bridgehead atoms. The van der Waals surface area contributed by atoms with Crippen molar-refractivity contribution in [3.63, 3.8) is 0 Å². The van der Waals surface area contributed by atoms with Gasteiger partial charge in [0.1, 0.15) is 17.2 Å². The summed E-state index contributed by atoms with van der Waals surface area (Å²) >= 11 is 5.86. The Morgan fingerprint density at radius 2 is 2.00 bits per heavy atom. The number of likely N-dealkylation sites (N-methyl/N-ethyl adjacent to an activating group) is 1. The van der Waals surface area contributed by atoms with E-state index in [0.29, 0.717) is 16.5 Å². The quantitative estimate of drug-likeness (QED) is 0.816. The standard InChI is InChI=1S/C16H12ClN3O4/c1-20-12(14(21)18-15(20)19-16(22)23)8-11-6-7-13(24-11)9-2-4-10(17)5-3-9/h2-8H,1H3,(H,22,23)(H,18,19,21). The molecule has 2 N–H and O–H groups in total. The van der Waals surface area contributed by atoms with Crippen LogP contribution in [0.2, 0.25) is 5.02 Å². The number of carbonyl (C=O) groups is 2. The van der Waals surface area contributed by atoms with Gasteiger partial charge in [-0.3, -0.25) is 10.1 Å². The van der Waals surface area contributed by atoms with E-state index in [2.05, 4.69) is 10.3 Å². The first-order valence-electron chi connectivity index (χ1n) is 6.88. The largest absolute Gasteiger partial charge is 0.463 e. The zero-order valence-electron chi connectivity index (χ0n) is 12.5. The van der Waals surface area contributed by atoms with Gasteiger partial charge in [0, 0.05) is 23.7 Å². The van der Waals surface area contributed by atoms with E-state index in [4.69, 9.17) is 21.1 Å². The maximum absolute atomic E-state index is 11.9. The Bertz CT molecular complexity index is 868. The number of nitrogens with one attached hydrogen (secondary N) is 1. The minimum Gasteiger partial charge on any atom is -0.463 e. The van der Waals surface area contributed by atoms with E-state index < -0.39 is 12.0 Å². The van der Waals surface area contributed by atoms with Crippen LogP contribution in [0.15, 0.2) is 51.5 Å². The molecule has 0 radical (unpaired) electrons. The molecule has 0 atom stereocenters. The van der Waals surface area contributed by atoms with Crippen molar-refractivity contribution in [3.05, 3.63) is 52.9 Å². The maximum atomic E-state index is 11.9. The van der Waals surface area contributed by atoms with E-state index in [1.165, 1.54) is 18.0 Å². The zero-order valence-corrected chi connectivity index (χ0v) is 13.2. The van der Waals surface area contributed by atoms with Crippen molar-refractivity contribution in [2.45, 2.75) is 0 Å². The maximum Gasteiger partial charge on any atom is 0.434 e. The summed E-state index contributed by atoms with van der Waals surface area (Å²) in [5, 5.41) is 11.7. The van der Waals surface area contributed by atoms with Crippen LogP contribution in [0, 0.1) is 0 Å². The lowest BCUT2D eigenvalue weighted by Crippen LogP contribution is -2.27. The van der Waals surface area contributed by atoms with Gasteiger partial charge in [-0.1, -0.05) is 11.6 Å². The van der Waals surface area contributed by atoms with Gasteiger partial charge in [-0.15, -0.1) is 4.99 Å². The van der Waals surface area contributed by atoms with Crippen LogP contribution in [0.4, 0.5) is 4.79 Å². The molecule has 122 valence electrons. The average Bonchev–Trinajstić information content (AvgIpc) is 3.09. The molecule has 24 heavy (non-hydrogen) atoms. The molecule has 1 aliphatic heterocycles. The van der Waals surface area contributed by atoms with Crippen molar-refractivity contribution in [3.8, 4) is 11.3 Å². The van der Waals surface area contributed by atoms with Gasteiger partial charge in [-0.05, 0) is 36.4 Å². The number of hydrogen-bond donors (Lipinski definition) is 2. The lowest BCUT2D eigenvalue weighted by molar-refractivity contribution is -0.115. The summed E-state index contributed by atoms with van der Waals surface area (Å²) in [6.45, 7) is 0. The van der Waals surface area contributed by atoms with Gasteiger partial charge in [0.25, 0.3) is 5.91 Å². The number of furan rings is 1. The lowest BCUT2D eigenvalue weighted by Gasteiger charge is -2.09. The number of carbonyl (C=O) groups excluding carboxylic acids is 1. The minimum absolute atomic E-state index is 0.0526. The van der Waals surface area contributed by atoms with Crippen LogP contribution in [0.25, 0.3) is 17.4 Å². The number of rotatable bonds is 2. The smallest absolute Gasteiger partial charge is 0.434 e. The minimum atomic E-state index is -1.39. The molecule has 2 aromatic rings. The first-order valence-corrected chi connectivity index (χ1v) is 7.26. The number of aliphatic imine (C=N–C) groups is 1. The molecule has 1 aromatic carbocycles. The number of benzene rings is 1. The second-order valence-corrected chi connectivity index (χ2v) is 5.41. The summed E-state index contributed by atoms with van der Waals surface area (Å²) in [4.78, 5) is 27.2. The highest BCUT2D eigenvalue weighted by Crippen LogP contribution is 2.25. The molecule has 2 amide bonds. The highest BCUT2D eigenvalue weighted by Gasteiger charge is 2.29. The second-order valence-electron chi connectivity index (χ2n) is 4.97. The fourth-order valence-corrected chi connectivity index (χ4v) is 2.33. The summed E-state index contributed by atoms with van der Waals surface area (Å²) < 4.78 is 5.70. The molecule has 2 heterocycles. The van der Waals surface area contributed by atoms with Gasteiger partial charge in [-0.2, -0.15) is 0 Å². The van der Waals surface area contributed by atoms with E-state index in [-0.39, 0.29) is 11.7 Å². The van der Waals surface area contributed by atoms with Crippen molar-refractivity contribution in [2.24, 2.45) is 4.99 Å². The summed E-state index contributed by atoms with van der Waals surface area (Å²) in [7, 11) is 1.54. The molecule has 1 aromatic heterocycles. The Balaban J connectivity index is 1.88. The van der Waals surface area contributed by atoms with E-state index in [1.54, 1.807) is 24.3 Å². The van der Waals surface area contributed by atoms with Gasteiger partial charge >= 0.3 is 6.09 Å². The van der Waals surface area contributed by atoms with Gasteiger partial charge in [0.2, 0.25) is 5.96 Å². The SMILES string of the molecule is CN1C(=Cc2ccc(-c3ccc(Cl)cc3)o2)C(=O)NC1=NC(=O)O. The second kappa shape index (κ2) is 6.21. The highest BCUT2D eigenvalue weighted by molar-refractivity contribution is 6.30. The molecule has 0 saturated carbocycles. The van der Waals surface area contributed by atoms with Gasteiger partial charge in [0.05, 0.1) is 0 Å². The molecule has 8 heteroatoms. The molecule has 0 unspecified atom stereocenters. The van der Waals surface area contributed by atoms with Gasteiger partial charge in [-0.25, -0.2) is 4.79 Å². The van der Waals surface area contributed by atoms with Crippen LogP contribution in [-0.4, -0.2) is 35.0 Å². The summed E-state index contributed by atoms with van der Waals surface area (Å²) in [6, 6.07) is 10.6. The number of nitrogens with zero attached hydrogens (tertiary/aromatic N) is 2. The first kappa shape index (κ1) is 15.8. The molecule has 0 spiro atoms. The monoisotopic (exact) mass is 345 g/mol. The van der Waals surface area contributed by atoms with Crippen molar-refractivity contribution < 1.29 is 19.1 Å². The van der Waals surface area contributed by atoms with Crippen LogP contribution in [0.1, 0.15) is 5.76 Å². The molecule has 0 aliphatic carbocycles. The lowest BCUT2D eigenvalue weighted by atomic mass is 10.2. The summed E-state index contributed by atoms with van der Waals surface area (Å²) in [6.07, 6.45) is 0.125. The third-order valence-corrected chi connectivity index (χ3v) is 3.63. The fraction of sp³-hybridized carbons (Fsp3) is 0.0625. The van der Waals surface area contributed by atoms with Crippen LogP contribution in [0.3, 0.4) is 0 Å². The number of carboxylic acid groups (broad SMARTS) is 1. The molecule has 7 nitrogen and oxygen atoms in total. The van der Waals surface area contributed by atoms with Crippen molar-refractivity contribution in [2.75, 3.05) is 7.05 Å². The van der Waals surface area contributed by atoms with Crippen molar-refractivity contribution in [1.82, 2.24) is 10.2 Å². The Labute approximate surface area is 141 Å². The molecule has 1 saturated heterocycles. The van der Waals surface area contributed by atoms with Gasteiger partial charge in [0.15, 0.2) is 0 Å². The predicted octanol–water partition coefficient (Wildman–Crippen LogP) is 3.04. The number of amides is 2. The van der Waals surface area contributed by atoms with Crippen molar-refractivity contribution in [1.29, 1.82) is 0 Å². The average molecular weight is 346 g/mol. The molecular weight excluding hydrogens is 334 g/mol. The van der Waals surface area contributed by atoms with Gasteiger partial charge < -0.3 is 14.4 Å². The fourth-order valence-electron chi connectivity index (χ4n) is 2.21. The van der Waals surface area contributed by atoms with E-state index in [1.807, 2.05) is 12.1 Å².